The number of fused-ring (bicyclic) bond motifs is 1. The first-order chi connectivity index (χ1) is 20.2. The molecule has 0 saturated carbocycles. The molecular formula is C33H32ClF2N3O2S. The van der Waals surface area contributed by atoms with E-state index >= 15 is 0 Å². The van der Waals surface area contributed by atoms with Crippen molar-refractivity contribution in [2.24, 2.45) is 11.8 Å². The Hall–Kier alpha value is -3.46. The number of hydrogen-bond acceptors (Lipinski definition) is 4. The minimum absolute atomic E-state index is 0.0233. The summed E-state index contributed by atoms with van der Waals surface area (Å²) in [5.41, 5.74) is 9.78. The number of hydrogen-bond donors (Lipinski definition) is 1. The predicted octanol–water partition coefficient (Wildman–Crippen LogP) is 7.14. The van der Waals surface area contributed by atoms with Crippen LogP contribution in [0.1, 0.15) is 30.9 Å². The van der Waals surface area contributed by atoms with Crippen molar-refractivity contribution in [3.63, 3.8) is 0 Å². The molecule has 9 heteroatoms. The molecule has 0 bridgehead atoms. The first kappa shape index (κ1) is 28.6. The fourth-order valence-electron chi connectivity index (χ4n) is 6.35. The van der Waals surface area contributed by atoms with E-state index < -0.39 is 10.0 Å². The number of sulfonamides is 1. The van der Waals surface area contributed by atoms with Gasteiger partial charge in [0.15, 0.2) is 0 Å². The number of halogens is 3. The predicted molar refractivity (Wildman–Crippen MR) is 163 cm³/mol. The van der Waals surface area contributed by atoms with Crippen molar-refractivity contribution >= 4 is 27.3 Å². The highest BCUT2D eigenvalue weighted by Crippen LogP contribution is 2.48. The number of anilines is 1. The van der Waals surface area contributed by atoms with Gasteiger partial charge in [0, 0.05) is 35.8 Å². The molecule has 0 spiro atoms. The largest absolute Gasteiger partial charge is 0.301 e. The molecule has 3 aliphatic rings. The first-order valence-electron chi connectivity index (χ1n) is 14.1. The quantitative estimate of drug-likeness (QED) is 0.281. The van der Waals surface area contributed by atoms with Gasteiger partial charge in [-0.2, -0.15) is 0 Å². The van der Waals surface area contributed by atoms with Crippen LogP contribution < -0.4 is 10.4 Å². The summed E-state index contributed by atoms with van der Waals surface area (Å²) in [6.45, 7) is 2.64. The van der Waals surface area contributed by atoms with Crippen molar-refractivity contribution in [3.8, 4) is 0 Å². The van der Waals surface area contributed by atoms with Crippen LogP contribution in [0.3, 0.4) is 0 Å². The summed E-state index contributed by atoms with van der Waals surface area (Å²) in [6.07, 6.45) is 6.09. The number of nitrogens with one attached hydrogen (secondary N) is 1. The Morgan fingerprint density at radius 3 is 2.45 bits per heavy atom. The van der Waals surface area contributed by atoms with E-state index in [1.54, 1.807) is 54.6 Å². The summed E-state index contributed by atoms with van der Waals surface area (Å²) in [5, 5.41) is 2.36. The highest BCUT2D eigenvalue weighted by atomic mass is 35.5. The molecule has 0 radical (unpaired) electrons. The lowest BCUT2D eigenvalue weighted by Crippen LogP contribution is -2.38. The van der Waals surface area contributed by atoms with Gasteiger partial charge in [0.05, 0.1) is 17.1 Å². The summed E-state index contributed by atoms with van der Waals surface area (Å²) in [4.78, 5) is 0. The lowest BCUT2D eigenvalue weighted by Gasteiger charge is -2.32. The third-order valence-electron chi connectivity index (χ3n) is 8.49. The maximum Gasteiger partial charge on any atom is 0.218 e. The van der Waals surface area contributed by atoms with Gasteiger partial charge >= 0.3 is 0 Å². The van der Waals surface area contributed by atoms with Gasteiger partial charge in [-0.15, -0.1) is 0 Å². The Balaban J connectivity index is 1.28. The molecule has 0 fully saturated rings. The fourth-order valence-corrected chi connectivity index (χ4v) is 8.23. The van der Waals surface area contributed by atoms with Gasteiger partial charge in [0.1, 0.15) is 11.6 Å². The van der Waals surface area contributed by atoms with E-state index in [0.717, 1.165) is 29.8 Å². The van der Waals surface area contributed by atoms with Gasteiger partial charge in [-0.25, -0.2) is 21.5 Å². The van der Waals surface area contributed by atoms with Crippen LogP contribution in [-0.4, -0.2) is 25.8 Å². The molecule has 218 valence electrons. The van der Waals surface area contributed by atoms with Gasteiger partial charge in [-0.3, -0.25) is 5.01 Å². The molecule has 3 aromatic carbocycles. The molecule has 1 heterocycles. The zero-order chi connectivity index (χ0) is 29.4. The SMILES string of the molecule is C[C@H]1C2=CNN(c3ccc(F)cc3)C2=CC2=C1[C@@H](CN(CCc1ccccc1F)S(=O)(=O)Cc1ccccc1Cl)CC2. The van der Waals surface area contributed by atoms with Gasteiger partial charge < -0.3 is 5.43 Å². The molecule has 1 aliphatic heterocycles. The average Bonchev–Trinajstić information content (AvgIpc) is 3.58. The maximum absolute atomic E-state index is 14.5. The lowest BCUT2D eigenvalue weighted by molar-refractivity contribution is 0.356. The van der Waals surface area contributed by atoms with Crippen molar-refractivity contribution in [2.45, 2.75) is 31.9 Å². The molecule has 1 N–H and O–H groups in total. The van der Waals surface area contributed by atoms with Crippen molar-refractivity contribution < 1.29 is 17.2 Å². The zero-order valence-corrected chi connectivity index (χ0v) is 24.8. The number of benzene rings is 3. The van der Waals surface area contributed by atoms with E-state index in [-0.39, 0.29) is 42.2 Å². The summed E-state index contributed by atoms with van der Waals surface area (Å²) in [7, 11) is -3.77. The topological polar surface area (TPSA) is 52.6 Å². The average molecular weight is 608 g/mol. The van der Waals surface area contributed by atoms with E-state index in [4.69, 9.17) is 11.6 Å². The van der Waals surface area contributed by atoms with E-state index in [2.05, 4.69) is 18.4 Å². The van der Waals surface area contributed by atoms with Crippen LogP contribution in [-0.2, 0) is 22.2 Å². The minimum atomic E-state index is -3.77. The summed E-state index contributed by atoms with van der Waals surface area (Å²) < 4.78 is 57.3. The number of allylic oxidation sites excluding steroid dienone is 3. The van der Waals surface area contributed by atoms with E-state index in [0.29, 0.717) is 22.7 Å². The Morgan fingerprint density at radius 2 is 1.71 bits per heavy atom. The van der Waals surface area contributed by atoms with Crippen LogP contribution in [0, 0.1) is 23.5 Å². The van der Waals surface area contributed by atoms with Crippen molar-refractivity contribution in [2.75, 3.05) is 18.1 Å². The molecule has 6 rings (SSSR count). The van der Waals surface area contributed by atoms with Gasteiger partial charge in [-0.1, -0.05) is 60.5 Å². The fraction of sp³-hybridized carbons (Fsp3) is 0.273. The monoisotopic (exact) mass is 607 g/mol. The Kier molecular flexibility index (Phi) is 7.96. The second-order valence-electron chi connectivity index (χ2n) is 11.1. The molecule has 42 heavy (non-hydrogen) atoms. The van der Waals surface area contributed by atoms with Crippen molar-refractivity contribution in [1.82, 2.24) is 9.73 Å². The molecule has 3 aromatic rings. The maximum atomic E-state index is 14.5. The second kappa shape index (κ2) is 11.7. The third kappa shape index (κ3) is 5.63. The molecule has 5 nitrogen and oxygen atoms in total. The highest BCUT2D eigenvalue weighted by Gasteiger charge is 2.39. The summed E-state index contributed by atoms with van der Waals surface area (Å²) in [6, 6.07) is 19.8. The Morgan fingerprint density at radius 1 is 1.00 bits per heavy atom. The first-order valence-corrected chi connectivity index (χ1v) is 16.1. The number of hydrazine groups is 1. The zero-order valence-electron chi connectivity index (χ0n) is 23.2. The van der Waals surface area contributed by atoms with Crippen LogP contribution in [0.25, 0.3) is 0 Å². The number of rotatable bonds is 9. The van der Waals surface area contributed by atoms with E-state index in [1.165, 1.54) is 33.7 Å². The molecule has 0 unspecified atom stereocenters. The van der Waals surface area contributed by atoms with E-state index in [1.807, 2.05) is 11.2 Å². The third-order valence-corrected chi connectivity index (χ3v) is 10.7. The summed E-state index contributed by atoms with van der Waals surface area (Å²) >= 11 is 6.34. The van der Waals surface area contributed by atoms with Crippen LogP contribution in [0.5, 0.6) is 0 Å². The van der Waals surface area contributed by atoms with E-state index in [9.17, 15) is 17.2 Å². The summed E-state index contributed by atoms with van der Waals surface area (Å²) in [5.74, 6) is -0.744. The normalized spacial score (nSPS) is 19.9. The van der Waals surface area contributed by atoms with Gasteiger partial charge in [-0.05, 0) is 84.4 Å². The molecule has 2 aliphatic carbocycles. The molecular weight excluding hydrogens is 576 g/mol. The lowest BCUT2D eigenvalue weighted by atomic mass is 9.80. The van der Waals surface area contributed by atoms with Gasteiger partial charge in [0.2, 0.25) is 10.0 Å². The van der Waals surface area contributed by atoms with Crippen LogP contribution in [0.2, 0.25) is 5.02 Å². The van der Waals surface area contributed by atoms with Crippen LogP contribution in [0.4, 0.5) is 14.5 Å². The Labute approximate surface area is 250 Å². The van der Waals surface area contributed by atoms with Crippen molar-refractivity contribution in [3.05, 3.63) is 135 Å². The second-order valence-corrected chi connectivity index (χ2v) is 13.4. The van der Waals surface area contributed by atoms with Crippen LogP contribution >= 0.6 is 11.6 Å². The van der Waals surface area contributed by atoms with Crippen LogP contribution in [0.15, 0.2) is 107 Å². The standard InChI is InChI=1S/C33H32ClF2N3O2S/c1-22-29-19-37-39(28-14-12-27(35)13-15-28)32(29)18-24-10-11-25(33(22)24)20-38(17-16-23-6-3-5-9-31(23)36)42(40,41)21-26-7-2-4-8-30(26)34/h2-9,12-15,18-19,22,25,37H,10-11,16-17,20-21H2,1H3/t22-,25+/m0/s1. The smallest absolute Gasteiger partial charge is 0.218 e. The molecule has 0 amide bonds. The Bertz CT molecular complexity index is 1700. The van der Waals surface area contributed by atoms with Gasteiger partial charge in [0.25, 0.3) is 0 Å². The molecule has 2 atom stereocenters. The molecule has 0 aromatic heterocycles. The van der Waals surface area contributed by atoms with Crippen molar-refractivity contribution in [1.29, 1.82) is 0 Å². The minimum Gasteiger partial charge on any atom is -0.301 e. The highest BCUT2D eigenvalue weighted by molar-refractivity contribution is 7.88. The molecule has 0 saturated heterocycles. The number of nitrogens with zero attached hydrogens (tertiary/aromatic N) is 2.